The smallest absolute Gasteiger partial charge is 0.257 e. The number of amides is 1. The number of carbonyl (C=O) groups is 1. The van der Waals surface area contributed by atoms with E-state index in [9.17, 15) is 19.4 Å². The van der Waals surface area contributed by atoms with Crippen LogP contribution in [0, 0.1) is 5.82 Å². The first-order chi connectivity index (χ1) is 13.3. The number of rotatable bonds is 2. The molecule has 2 fully saturated rings. The van der Waals surface area contributed by atoms with Crippen LogP contribution in [0.5, 0.6) is 0 Å². The van der Waals surface area contributed by atoms with Gasteiger partial charge in [-0.25, -0.2) is 4.39 Å². The Kier molecular flexibility index (Phi) is 4.73. The minimum absolute atomic E-state index is 0.0897. The average molecular weight is 389 g/mol. The van der Waals surface area contributed by atoms with Crippen molar-refractivity contribution in [1.82, 2.24) is 15.1 Å². The maximum absolute atomic E-state index is 13.6. The van der Waals surface area contributed by atoms with Gasteiger partial charge in [-0.3, -0.25) is 9.89 Å². The first-order valence-corrected chi connectivity index (χ1v) is 9.43. The van der Waals surface area contributed by atoms with Crippen LogP contribution >= 0.6 is 0 Å². The monoisotopic (exact) mass is 389 g/mol. The summed E-state index contributed by atoms with van der Waals surface area (Å²) in [6.07, 6.45) is 2.05. The van der Waals surface area contributed by atoms with Crippen LogP contribution < -0.4 is 0 Å². The number of benzene rings is 1. The molecule has 0 aliphatic carbocycles. The zero-order valence-corrected chi connectivity index (χ0v) is 15.7. The van der Waals surface area contributed by atoms with Gasteiger partial charge in [-0.05, 0) is 31.9 Å². The molecule has 1 amide bonds. The Labute approximate surface area is 162 Å². The number of nitrogens with zero attached hydrogens (tertiary/aromatic N) is 2. The second-order valence-electron chi connectivity index (χ2n) is 8.00. The van der Waals surface area contributed by atoms with Crippen molar-refractivity contribution in [3.8, 4) is 11.3 Å². The van der Waals surface area contributed by atoms with Crippen molar-refractivity contribution in [1.29, 1.82) is 0 Å². The van der Waals surface area contributed by atoms with Crippen LogP contribution in [0.1, 0.15) is 36.5 Å². The van der Waals surface area contributed by atoms with E-state index >= 15 is 0 Å². The van der Waals surface area contributed by atoms with E-state index in [2.05, 4.69) is 10.2 Å². The number of aromatic amines is 1. The average Bonchev–Trinajstić information content (AvgIpc) is 3.15. The summed E-state index contributed by atoms with van der Waals surface area (Å²) in [5.74, 6) is -0.556. The van der Waals surface area contributed by atoms with Crippen LogP contribution in [0.25, 0.3) is 11.3 Å². The number of H-pyrrole nitrogens is 1. The zero-order valence-electron chi connectivity index (χ0n) is 15.7. The summed E-state index contributed by atoms with van der Waals surface area (Å²) in [5.41, 5.74) is -0.269. The number of likely N-dealkylation sites (tertiary alicyclic amines) is 1. The largest absolute Gasteiger partial charge is 0.388 e. The maximum Gasteiger partial charge on any atom is 0.257 e. The van der Waals surface area contributed by atoms with Crippen molar-refractivity contribution in [3.63, 3.8) is 0 Å². The van der Waals surface area contributed by atoms with Gasteiger partial charge in [-0.2, -0.15) is 5.10 Å². The third-order valence-electron chi connectivity index (χ3n) is 5.89. The van der Waals surface area contributed by atoms with E-state index in [1.165, 1.54) is 18.3 Å². The number of aliphatic hydroxyl groups excluding tert-OH is 1. The normalized spacial score (nSPS) is 27.1. The molecule has 0 saturated carbocycles. The molecule has 3 heterocycles. The van der Waals surface area contributed by atoms with Gasteiger partial charge in [0.1, 0.15) is 11.9 Å². The molecular formula is C20H24FN3O4. The van der Waals surface area contributed by atoms with E-state index < -0.39 is 17.3 Å². The Bertz CT molecular complexity index is 874. The van der Waals surface area contributed by atoms with Crippen molar-refractivity contribution >= 4 is 5.91 Å². The van der Waals surface area contributed by atoms with Crippen molar-refractivity contribution in [2.24, 2.45) is 0 Å². The third-order valence-corrected chi connectivity index (χ3v) is 5.89. The predicted molar refractivity (Wildman–Crippen MR) is 99.0 cm³/mol. The molecule has 28 heavy (non-hydrogen) atoms. The van der Waals surface area contributed by atoms with Gasteiger partial charge in [0.25, 0.3) is 5.91 Å². The van der Waals surface area contributed by atoms with E-state index in [1.807, 2.05) is 0 Å². The van der Waals surface area contributed by atoms with Crippen molar-refractivity contribution in [2.75, 3.05) is 19.7 Å². The van der Waals surface area contributed by atoms with Crippen LogP contribution in [-0.4, -0.2) is 68.2 Å². The summed E-state index contributed by atoms with van der Waals surface area (Å²) in [6.45, 7) is 2.65. The Morgan fingerprint density at radius 2 is 2.14 bits per heavy atom. The van der Waals surface area contributed by atoms with E-state index in [-0.39, 0.29) is 18.3 Å². The lowest BCUT2D eigenvalue weighted by Gasteiger charge is -2.49. The molecule has 1 spiro atoms. The topological polar surface area (TPSA) is 98.7 Å². The molecule has 0 radical (unpaired) electrons. The molecule has 2 aliphatic rings. The quantitative estimate of drug-likeness (QED) is 0.727. The second kappa shape index (κ2) is 6.95. The number of hydrogen-bond acceptors (Lipinski definition) is 5. The lowest BCUT2D eigenvalue weighted by atomic mass is 9.76. The summed E-state index contributed by atoms with van der Waals surface area (Å²) in [4.78, 5) is 14.8. The van der Waals surface area contributed by atoms with Gasteiger partial charge in [0.15, 0.2) is 0 Å². The first-order valence-electron chi connectivity index (χ1n) is 9.43. The van der Waals surface area contributed by atoms with Gasteiger partial charge in [0.05, 0.1) is 35.3 Å². The number of halogens is 1. The number of nitrogens with one attached hydrogen (secondary N) is 1. The Morgan fingerprint density at radius 1 is 1.39 bits per heavy atom. The molecule has 8 heteroatoms. The van der Waals surface area contributed by atoms with Crippen molar-refractivity contribution < 1.29 is 24.1 Å². The molecule has 3 N–H and O–H groups in total. The maximum atomic E-state index is 13.6. The molecule has 1 aromatic heterocycles. The molecule has 2 aromatic rings. The highest BCUT2D eigenvalue weighted by Crippen LogP contribution is 2.40. The number of carbonyl (C=O) groups excluding carboxylic acids is 1. The third kappa shape index (κ3) is 3.43. The van der Waals surface area contributed by atoms with Gasteiger partial charge in [-0.15, -0.1) is 0 Å². The van der Waals surface area contributed by atoms with Gasteiger partial charge >= 0.3 is 0 Å². The molecular weight excluding hydrogens is 365 g/mol. The standard InChI is InChI=1S/C20H24FN3O4/c1-19(27)12-20(28-11-16(19)25)5-7-24(8-6-20)18(26)15-10-22-23-17(15)13-3-2-4-14(21)9-13/h2-4,9-10,16,25,27H,5-8,11-12H2,1H3,(H,22,23)/t16-,19-/m0/s1. The van der Waals surface area contributed by atoms with Gasteiger partial charge in [-0.1, -0.05) is 12.1 Å². The summed E-state index contributed by atoms with van der Waals surface area (Å²) >= 11 is 0. The molecule has 4 rings (SSSR count). The van der Waals surface area contributed by atoms with Gasteiger partial charge < -0.3 is 19.8 Å². The SMILES string of the molecule is C[C@]1(O)CC2(CCN(C(=O)c3cn[nH]c3-c3cccc(F)c3)CC2)OC[C@@H]1O. The highest BCUT2D eigenvalue weighted by Gasteiger charge is 2.49. The van der Waals surface area contributed by atoms with E-state index in [1.54, 1.807) is 24.0 Å². The van der Waals surface area contributed by atoms with Crippen LogP contribution in [0.4, 0.5) is 4.39 Å². The van der Waals surface area contributed by atoms with Crippen LogP contribution in [0.15, 0.2) is 30.5 Å². The minimum atomic E-state index is -1.19. The molecule has 0 bridgehead atoms. The Balaban J connectivity index is 1.48. The molecule has 7 nitrogen and oxygen atoms in total. The Hall–Kier alpha value is -2.29. The lowest BCUT2D eigenvalue weighted by molar-refractivity contribution is -0.221. The number of aliphatic hydroxyl groups is 2. The fourth-order valence-corrected chi connectivity index (χ4v) is 4.18. The van der Waals surface area contributed by atoms with E-state index in [0.717, 1.165) is 0 Å². The Morgan fingerprint density at radius 3 is 2.82 bits per heavy atom. The molecule has 2 saturated heterocycles. The molecule has 0 unspecified atom stereocenters. The molecule has 150 valence electrons. The fourth-order valence-electron chi connectivity index (χ4n) is 4.18. The van der Waals surface area contributed by atoms with Crippen molar-refractivity contribution in [3.05, 3.63) is 41.8 Å². The minimum Gasteiger partial charge on any atom is -0.388 e. The second-order valence-corrected chi connectivity index (χ2v) is 8.00. The fraction of sp³-hybridized carbons (Fsp3) is 0.500. The summed E-state index contributed by atoms with van der Waals surface area (Å²) < 4.78 is 19.4. The zero-order chi connectivity index (χ0) is 19.9. The number of piperidine rings is 1. The highest BCUT2D eigenvalue weighted by molar-refractivity contribution is 5.99. The predicted octanol–water partition coefficient (Wildman–Crippen LogP) is 1.72. The lowest BCUT2D eigenvalue weighted by Crippen LogP contribution is -2.59. The first kappa shape index (κ1) is 19.0. The van der Waals surface area contributed by atoms with E-state index in [4.69, 9.17) is 4.74 Å². The van der Waals surface area contributed by atoms with Gasteiger partial charge in [0, 0.05) is 25.1 Å². The number of ether oxygens (including phenoxy) is 1. The highest BCUT2D eigenvalue weighted by atomic mass is 19.1. The molecule has 1 aromatic carbocycles. The molecule has 2 atom stereocenters. The van der Waals surface area contributed by atoms with Crippen molar-refractivity contribution in [2.45, 2.75) is 43.5 Å². The summed E-state index contributed by atoms with van der Waals surface area (Å²) in [7, 11) is 0. The summed E-state index contributed by atoms with van der Waals surface area (Å²) in [6, 6.07) is 6.02. The van der Waals surface area contributed by atoms with E-state index in [0.29, 0.717) is 49.2 Å². The van der Waals surface area contributed by atoms with Gasteiger partial charge in [0.2, 0.25) is 0 Å². The van der Waals surface area contributed by atoms with Crippen LogP contribution in [0.2, 0.25) is 0 Å². The number of hydrogen-bond donors (Lipinski definition) is 3. The van der Waals surface area contributed by atoms with Crippen LogP contribution in [-0.2, 0) is 4.74 Å². The summed E-state index contributed by atoms with van der Waals surface area (Å²) in [5, 5.41) is 27.1. The van der Waals surface area contributed by atoms with Crippen LogP contribution in [0.3, 0.4) is 0 Å². The molecule has 2 aliphatic heterocycles. The number of aromatic nitrogens is 2.